The summed E-state index contributed by atoms with van der Waals surface area (Å²) in [5.41, 5.74) is 0. The summed E-state index contributed by atoms with van der Waals surface area (Å²) in [6.07, 6.45) is 69.1. The van der Waals surface area contributed by atoms with Gasteiger partial charge in [0, 0.05) is 19.3 Å². The van der Waals surface area contributed by atoms with Crippen LogP contribution in [0, 0.1) is 0 Å². The van der Waals surface area contributed by atoms with E-state index in [1.807, 2.05) is 0 Å². The van der Waals surface area contributed by atoms with Crippen molar-refractivity contribution in [3.8, 4) is 0 Å². The molecule has 0 rings (SSSR count). The van der Waals surface area contributed by atoms with Crippen molar-refractivity contribution in [3.63, 3.8) is 0 Å². The van der Waals surface area contributed by atoms with E-state index in [4.69, 9.17) is 14.2 Å². The molecule has 372 valence electrons. The fourth-order valence-electron chi connectivity index (χ4n) is 7.36. The average Bonchev–Trinajstić information content (AvgIpc) is 3.30. The minimum Gasteiger partial charge on any atom is -0.462 e. The predicted octanol–water partition coefficient (Wildman–Crippen LogP) is 18.0. The molecular weight excluding hydrogens is 805 g/mol. The van der Waals surface area contributed by atoms with E-state index in [-0.39, 0.29) is 31.1 Å². The third-order valence-electron chi connectivity index (χ3n) is 11.4. The van der Waals surface area contributed by atoms with Gasteiger partial charge >= 0.3 is 17.9 Å². The second kappa shape index (κ2) is 53.2. The summed E-state index contributed by atoms with van der Waals surface area (Å²) in [5, 5.41) is 0. The second-order valence-corrected chi connectivity index (χ2v) is 17.8. The van der Waals surface area contributed by atoms with Gasteiger partial charge in [-0.2, -0.15) is 0 Å². The van der Waals surface area contributed by atoms with Gasteiger partial charge in [-0.15, -0.1) is 0 Å². The zero-order chi connectivity index (χ0) is 47.2. The van der Waals surface area contributed by atoms with Crippen LogP contribution in [0.3, 0.4) is 0 Å². The minimum atomic E-state index is -0.771. The molecule has 0 fully saturated rings. The van der Waals surface area contributed by atoms with Crippen molar-refractivity contribution in [2.75, 3.05) is 13.2 Å². The Labute approximate surface area is 401 Å². The van der Waals surface area contributed by atoms with Gasteiger partial charge in [-0.1, -0.05) is 241 Å². The molecule has 1 unspecified atom stereocenters. The van der Waals surface area contributed by atoms with Crippen LogP contribution >= 0.6 is 0 Å². The molecule has 0 spiro atoms. The van der Waals surface area contributed by atoms with E-state index in [9.17, 15) is 14.4 Å². The highest BCUT2D eigenvalue weighted by Gasteiger charge is 2.19. The van der Waals surface area contributed by atoms with E-state index in [1.54, 1.807) is 0 Å². The van der Waals surface area contributed by atoms with E-state index in [2.05, 4.69) is 106 Å². The molecule has 65 heavy (non-hydrogen) atoms. The summed E-state index contributed by atoms with van der Waals surface area (Å²) in [6, 6.07) is 0. The monoisotopic (exact) mass is 905 g/mol. The first-order valence-corrected chi connectivity index (χ1v) is 27.1. The Bertz CT molecular complexity index is 1270. The molecule has 0 aliphatic rings. The summed E-state index contributed by atoms with van der Waals surface area (Å²) in [6.45, 7) is 6.42. The number of unbranched alkanes of at least 4 members (excludes halogenated alkanes) is 23. The molecule has 0 aliphatic carbocycles. The maximum atomic E-state index is 12.7. The fourth-order valence-corrected chi connectivity index (χ4v) is 7.36. The predicted molar refractivity (Wildman–Crippen MR) is 279 cm³/mol. The summed E-state index contributed by atoms with van der Waals surface area (Å²) in [5.74, 6) is -0.896. The van der Waals surface area contributed by atoms with Gasteiger partial charge in [0.05, 0.1) is 0 Å². The Kier molecular flexibility index (Phi) is 50.4. The second-order valence-electron chi connectivity index (χ2n) is 17.8. The number of rotatable bonds is 48. The summed E-state index contributed by atoms with van der Waals surface area (Å²) in [7, 11) is 0. The summed E-state index contributed by atoms with van der Waals surface area (Å²) < 4.78 is 16.6. The lowest BCUT2D eigenvalue weighted by atomic mass is 10.1. The van der Waals surface area contributed by atoms with Gasteiger partial charge in [0.2, 0.25) is 0 Å². The van der Waals surface area contributed by atoms with Crippen molar-refractivity contribution < 1.29 is 28.6 Å². The van der Waals surface area contributed by atoms with Crippen LogP contribution in [0.2, 0.25) is 0 Å². The molecule has 6 nitrogen and oxygen atoms in total. The maximum absolute atomic E-state index is 12.7. The van der Waals surface area contributed by atoms with E-state index in [0.717, 1.165) is 116 Å². The number of hydrogen-bond acceptors (Lipinski definition) is 6. The highest BCUT2D eigenvalue weighted by molar-refractivity contribution is 5.71. The van der Waals surface area contributed by atoms with Gasteiger partial charge in [0.25, 0.3) is 0 Å². The highest BCUT2D eigenvalue weighted by Crippen LogP contribution is 2.15. The normalized spacial score (nSPS) is 12.7. The van der Waals surface area contributed by atoms with Crippen molar-refractivity contribution in [1.82, 2.24) is 0 Å². The number of allylic oxidation sites excluding steroid dienone is 14. The molecular formula is C59H100O6. The van der Waals surface area contributed by atoms with Gasteiger partial charge in [-0.25, -0.2) is 0 Å². The Balaban J connectivity index is 4.03. The van der Waals surface area contributed by atoms with Gasteiger partial charge in [0.1, 0.15) is 13.2 Å². The van der Waals surface area contributed by atoms with Crippen LogP contribution < -0.4 is 0 Å². The lowest BCUT2D eigenvalue weighted by Gasteiger charge is -2.18. The van der Waals surface area contributed by atoms with E-state index in [0.29, 0.717) is 19.3 Å². The zero-order valence-corrected chi connectivity index (χ0v) is 42.5. The van der Waals surface area contributed by atoms with E-state index in [1.165, 1.54) is 96.3 Å². The quantitative estimate of drug-likeness (QED) is 0.0262. The molecule has 0 N–H and O–H groups in total. The summed E-state index contributed by atoms with van der Waals surface area (Å²) >= 11 is 0. The first kappa shape index (κ1) is 61.6. The van der Waals surface area contributed by atoms with Crippen molar-refractivity contribution in [3.05, 3.63) is 85.1 Å². The van der Waals surface area contributed by atoms with Crippen molar-refractivity contribution in [1.29, 1.82) is 0 Å². The zero-order valence-electron chi connectivity index (χ0n) is 42.5. The lowest BCUT2D eigenvalue weighted by Crippen LogP contribution is -2.30. The molecule has 0 aromatic rings. The van der Waals surface area contributed by atoms with Crippen LogP contribution in [0.4, 0.5) is 0 Å². The van der Waals surface area contributed by atoms with Crippen LogP contribution in [-0.4, -0.2) is 37.2 Å². The van der Waals surface area contributed by atoms with Crippen molar-refractivity contribution in [2.45, 2.75) is 258 Å². The van der Waals surface area contributed by atoms with Crippen LogP contribution in [0.15, 0.2) is 85.1 Å². The van der Waals surface area contributed by atoms with Gasteiger partial charge in [-0.05, 0) is 77.0 Å². The number of esters is 3. The van der Waals surface area contributed by atoms with Crippen LogP contribution in [-0.2, 0) is 28.6 Å². The Morgan fingerprint density at radius 1 is 0.323 bits per heavy atom. The maximum Gasteiger partial charge on any atom is 0.306 e. The Morgan fingerprint density at radius 2 is 0.600 bits per heavy atom. The van der Waals surface area contributed by atoms with Crippen LogP contribution in [0.5, 0.6) is 0 Å². The molecule has 0 aliphatic heterocycles. The summed E-state index contributed by atoms with van der Waals surface area (Å²) in [4.78, 5) is 37.6. The number of hydrogen-bond donors (Lipinski definition) is 0. The van der Waals surface area contributed by atoms with E-state index >= 15 is 0 Å². The van der Waals surface area contributed by atoms with Crippen LogP contribution in [0.25, 0.3) is 0 Å². The van der Waals surface area contributed by atoms with Gasteiger partial charge in [-0.3, -0.25) is 14.4 Å². The van der Waals surface area contributed by atoms with Crippen molar-refractivity contribution in [2.24, 2.45) is 0 Å². The third kappa shape index (κ3) is 51.4. The lowest BCUT2D eigenvalue weighted by molar-refractivity contribution is -0.167. The van der Waals surface area contributed by atoms with Gasteiger partial charge < -0.3 is 14.2 Å². The third-order valence-corrected chi connectivity index (χ3v) is 11.4. The number of carbonyl (C=O) groups excluding carboxylic acids is 3. The molecule has 0 amide bonds. The molecule has 0 saturated carbocycles. The largest absolute Gasteiger partial charge is 0.462 e. The molecule has 0 heterocycles. The number of ether oxygens (including phenoxy) is 3. The fraction of sp³-hybridized carbons (Fsp3) is 0.712. The van der Waals surface area contributed by atoms with Gasteiger partial charge in [0.15, 0.2) is 6.10 Å². The topological polar surface area (TPSA) is 78.9 Å². The standard InChI is InChI=1S/C59H100O6/c1-4-7-10-13-15-17-19-20-21-22-23-24-25-26-27-28-29-30-31-32-33-34-35-36-37-38-40-41-43-46-49-52-58(61)64-55-56(54-63-57(60)51-48-45-12-9-6-3)65-59(62)53-50-47-44-42-39-18-16-14-11-8-5-2/h7,10,15,17,20-21,23-24,26-27,29-30,32-33,56H,4-6,8-9,11-14,16,18-19,22,25,28,31,34-55H2,1-3H3/b10-7-,17-15-,21-20-,24-23-,27-26-,30-29-,33-32-. The van der Waals surface area contributed by atoms with Crippen molar-refractivity contribution >= 4 is 17.9 Å². The molecule has 0 aromatic carbocycles. The minimum absolute atomic E-state index is 0.0765. The Morgan fingerprint density at radius 3 is 0.938 bits per heavy atom. The number of carbonyl (C=O) groups is 3. The first-order chi connectivity index (χ1) is 32.0. The molecule has 0 saturated heterocycles. The molecule has 0 aromatic heterocycles. The van der Waals surface area contributed by atoms with E-state index < -0.39 is 6.10 Å². The average molecular weight is 905 g/mol. The van der Waals surface area contributed by atoms with Crippen LogP contribution in [0.1, 0.15) is 252 Å². The first-order valence-electron chi connectivity index (χ1n) is 27.1. The smallest absolute Gasteiger partial charge is 0.306 e. The molecule has 0 radical (unpaired) electrons. The SMILES string of the molecule is CC/C=C\C/C=C\C/C=C\C/C=C\C/C=C\C/C=C\C/C=C\CCCCCCCCCCCC(=O)OCC(COC(=O)CCCCCCC)OC(=O)CCCCCCCCCCCCC. The molecule has 6 heteroatoms. The Hall–Kier alpha value is -3.41. The molecule has 1 atom stereocenters. The highest BCUT2D eigenvalue weighted by atomic mass is 16.6. The molecule has 0 bridgehead atoms.